The topological polar surface area (TPSA) is 29.3 Å². The van der Waals surface area contributed by atoms with Crippen LogP contribution in [0, 0.1) is 0 Å². The molecule has 1 aromatic carbocycles. The van der Waals surface area contributed by atoms with E-state index in [9.17, 15) is 13.2 Å². The Bertz CT molecular complexity index is 397. The highest BCUT2D eigenvalue weighted by atomic mass is 19.4. The van der Waals surface area contributed by atoms with Crippen molar-refractivity contribution in [2.45, 2.75) is 25.1 Å². The second-order valence-corrected chi connectivity index (χ2v) is 4.70. The Morgan fingerprint density at radius 1 is 1.17 bits per heavy atom. The van der Waals surface area contributed by atoms with Gasteiger partial charge in [0.2, 0.25) is 0 Å². The van der Waals surface area contributed by atoms with E-state index in [4.69, 9.17) is 5.73 Å². The third-order valence-electron chi connectivity index (χ3n) is 3.32. The van der Waals surface area contributed by atoms with Crippen LogP contribution in [0.5, 0.6) is 0 Å². The summed E-state index contributed by atoms with van der Waals surface area (Å²) in [5.74, 6) is 0. The first-order valence-electron chi connectivity index (χ1n) is 6.12. The van der Waals surface area contributed by atoms with Crippen LogP contribution in [-0.2, 0) is 6.18 Å². The Hall–Kier alpha value is -1.07. The summed E-state index contributed by atoms with van der Waals surface area (Å²) in [6.07, 6.45) is -2.12. The lowest BCUT2D eigenvalue weighted by Crippen LogP contribution is -2.31. The summed E-state index contributed by atoms with van der Waals surface area (Å²) in [5.41, 5.74) is 5.51. The molecule has 1 fully saturated rings. The summed E-state index contributed by atoms with van der Waals surface area (Å²) in [7, 11) is 0. The first kappa shape index (κ1) is 13.4. The third kappa shape index (κ3) is 3.03. The van der Waals surface area contributed by atoms with Crippen LogP contribution < -0.4 is 5.73 Å². The van der Waals surface area contributed by atoms with Crippen LogP contribution in [0.3, 0.4) is 0 Å². The lowest BCUT2D eigenvalue weighted by molar-refractivity contribution is -0.138. The van der Waals surface area contributed by atoms with Crippen LogP contribution in [0.25, 0.3) is 0 Å². The maximum Gasteiger partial charge on any atom is 0.416 e. The van der Waals surface area contributed by atoms with Crippen molar-refractivity contribution < 1.29 is 13.2 Å². The van der Waals surface area contributed by atoms with Crippen LogP contribution in [0.4, 0.5) is 13.2 Å². The van der Waals surface area contributed by atoms with Gasteiger partial charge in [0.1, 0.15) is 0 Å². The van der Waals surface area contributed by atoms with Crippen LogP contribution in [-0.4, -0.2) is 24.5 Å². The highest BCUT2D eigenvalue weighted by Crippen LogP contribution is 2.34. The average molecular weight is 258 g/mol. The summed E-state index contributed by atoms with van der Waals surface area (Å²) >= 11 is 0. The highest BCUT2D eigenvalue weighted by Gasteiger charge is 2.34. The van der Waals surface area contributed by atoms with Crippen LogP contribution >= 0.6 is 0 Å². The standard InChI is InChI=1S/C13H17F3N2/c14-13(15,16)11-6-2-1-5-10(11)12(17)9-18-7-3-4-8-18/h1-2,5-6,12H,3-4,7-9,17H2. The van der Waals surface area contributed by atoms with Crippen molar-refractivity contribution in [1.29, 1.82) is 0 Å². The van der Waals surface area contributed by atoms with E-state index in [-0.39, 0.29) is 5.56 Å². The van der Waals surface area contributed by atoms with E-state index in [2.05, 4.69) is 4.90 Å². The molecule has 5 heteroatoms. The molecular weight excluding hydrogens is 241 g/mol. The number of likely N-dealkylation sites (tertiary alicyclic amines) is 1. The third-order valence-corrected chi connectivity index (χ3v) is 3.32. The molecule has 0 radical (unpaired) electrons. The molecule has 0 amide bonds. The lowest BCUT2D eigenvalue weighted by atomic mass is 10.00. The zero-order valence-corrected chi connectivity index (χ0v) is 10.1. The summed E-state index contributed by atoms with van der Waals surface area (Å²) in [6.45, 7) is 2.36. The van der Waals surface area contributed by atoms with E-state index < -0.39 is 17.8 Å². The molecular formula is C13H17F3N2. The van der Waals surface area contributed by atoms with Crippen LogP contribution in [0.15, 0.2) is 24.3 Å². The van der Waals surface area contributed by atoms with Crippen molar-refractivity contribution >= 4 is 0 Å². The summed E-state index contributed by atoms with van der Waals surface area (Å²) in [5, 5.41) is 0. The van der Waals surface area contributed by atoms with Crippen molar-refractivity contribution in [3.05, 3.63) is 35.4 Å². The van der Waals surface area contributed by atoms with Gasteiger partial charge in [-0.2, -0.15) is 13.2 Å². The predicted molar refractivity (Wildman–Crippen MR) is 64.0 cm³/mol. The molecule has 1 aromatic rings. The van der Waals surface area contributed by atoms with E-state index in [0.29, 0.717) is 6.54 Å². The molecule has 0 saturated carbocycles. The van der Waals surface area contributed by atoms with Gasteiger partial charge in [-0.25, -0.2) is 0 Å². The Labute approximate surface area is 105 Å². The molecule has 1 atom stereocenters. The van der Waals surface area contributed by atoms with Crippen LogP contribution in [0.1, 0.15) is 30.0 Å². The SMILES string of the molecule is NC(CN1CCCC1)c1ccccc1C(F)(F)F. The monoisotopic (exact) mass is 258 g/mol. The van der Waals surface area contributed by atoms with Crippen molar-refractivity contribution in [3.8, 4) is 0 Å². The molecule has 1 aliphatic heterocycles. The summed E-state index contributed by atoms with van der Waals surface area (Å²) in [6, 6.07) is 4.99. The van der Waals surface area contributed by atoms with Gasteiger partial charge in [0.15, 0.2) is 0 Å². The van der Waals surface area contributed by atoms with Crippen molar-refractivity contribution in [1.82, 2.24) is 4.90 Å². The summed E-state index contributed by atoms with van der Waals surface area (Å²) < 4.78 is 38.6. The predicted octanol–water partition coefficient (Wildman–Crippen LogP) is 2.80. The first-order chi connectivity index (χ1) is 8.48. The second kappa shape index (κ2) is 5.28. The highest BCUT2D eigenvalue weighted by molar-refractivity contribution is 5.32. The first-order valence-corrected chi connectivity index (χ1v) is 6.12. The minimum Gasteiger partial charge on any atom is -0.323 e. The molecule has 0 spiro atoms. The number of alkyl halides is 3. The Morgan fingerprint density at radius 2 is 1.78 bits per heavy atom. The zero-order valence-electron chi connectivity index (χ0n) is 10.1. The Morgan fingerprint density at radius 3 is 2.39 bits per heavy atom. The largest absolute Gasteiger partial charge is 0.416 e. The van der Waals surface area contributed by atoms with Gasteiger partial charge in [-0.05, 0) is 37.6 Å². The minimum absolute atomic E-state index is 0.192. The number of rotatable bonds is 3. The number of nitrogens with zero attached hydrogens (tertiary/aromatic N) is 1. The normalized spacial score (nSPS) is 19.1. The van der Waals surface area contributed by atoms with Crippen LogP contribution in [0.2, 0.25) is 0 Å². The second-order valence-electron chi connectivity index (χ2n) is 4.70. The molecule has 1 saturated heterocycles. The van der Waals surface area contributed by atoms with Gasteiger partial charge in [-0.15, -0.1) is 0 Å². The van der Waals surface area contributed by atoms with E-state index in [0.717, 1.165) is 32.0 Å². The zero-order chi connectivity index (χ0) is 13.2. The molecule has 0 aromatic heterocycles. The fourth-order valence-corrected chi connectivity index (χ4v) is 2.42. The molecule has 1 unspecified atom stereocenters. The van der Waals surface area contributed by atoms with Gasteiger partial charge in [0.05, 0.1) is 5.56 Å². The smallest absolute Gasteiger partial charge is 0.323 e. The molecule has 18 heavy (non-hydrogen) atoms. The van der Waals surface area contributed by atoms with Gasteiger partial charge in [0.25, 0.3) is 0 Å². The molecule has 0 bridgehead atoms. The van der Waals surface area contributed by atoms with Gasteiger partial charge in [-0.3, -0.25) is 0 Å². The number of nitrogens with two attached hydrogens (primary N) is 1. The van der Waals surface area contributed by atoms with Crippen molar-refractivity contribution in [2.75, 3.05) is 19.6 Å². The summed E-state index contributed by atoms with van der Waals surface area (Å²) in [4.78, 5) is 2.12. The fraction of sp³-hybridized carbons (Fsp3) is 0.538. The number of hydrogen-bond donors (Lipinski definition) is 1. The fourth-order valence-electron chi connectivity index (χ4n) is 2.42. The van der Waals surface area contributed by atoms with Crippen molar-refractivity contribution in [2.24, 2.45) is 5.73 Å². The van der Waals surface area contributed by atoms with E-state index in [1.165, 1.54) is 12.1 Å². The molecule has 2 rings (SSSR count). The van der Waals surface area contributed by atoms with E-state index >= 15 is 0 Å². The van der Waals surface area contributed by atoms with Gasteiger partial charge >= 0.3 is 6.18 Å². The van der Waals surface area contributed by atoms with Gasteiger partial charge < -0.3 is 10.6 Å². The van der Waals surface area contributed by atoms with Gasteiger partial charge in [-0.1, -0.05) is 18.2 Å². The lowest BCUT2D eigenvalue weighted by Gasteiger charge is -2.23. The minimum atomic E-state index is -4.33. The van der Waals surface area contributed by atoms with E-state index in [1.807, 2.05) is 0 Å². The Kier molecular flexibility index (Phi) is 3.92. The maximum atomic E-state index is 12.9. The molecule has 2 nitrogen and oxygen atoms in total. The molecule has 2 N–H and O–H groups in total. The average Bonchev–Trinajstić information content (AvgIpc) is 2.80. The molecule has 1 heterocycles. The molecule has 1 aliphatic rings. The maximum absolute atomic E-state index is 12.9. The number of hydrogen-bond acceptors (Lipinski definition) is 2. The Balaban J connectivity index is 2.16. The molecule has 100 valence electrons. The van der Waals surface area contributed by atoms with Crippen molar-refractivity contribution in [3.63, 3.8) is 0 Å². The molecule has 0 aliphatic carbocycles. The van der Waals surface area contributed by atoms with E-state index in [1.54, 1.807) is 6.07 Å². The quantitative estimate of drug-likeness (QED) is 0.903. The number of benzene rings is 1. The number of halogens is 3. The van der Waals surface area contributed by atoms with Gasteiger partial charge in [0, 0.05) is 12.6 Å².